The Balaban J connectivity index is 1.61. The quantitative estimate of drug-likeness (QED) is 0.319. The molecule has 1 amide bonds. The molecule has 1 N–H and O–H groups in total. The van der Waals surface area contributed by atoms with E-state index in [1.807, 2.05) is 32.0 Å². The SMILES string of the molecule is COc1ccc(-c2nc3cc(C)c(C)cc3o2)cc1NC(=O)C=Cc1ccc(Cl)cc1Cl. The van der Waals surface area contributed by atoms with E-state index < -0.39 is 0 Å². The number of carbonyl (C=O) groups excluding carboxylic acids is 1. The van der Waals surface area contributed by atoms with Gasteiger partial charge in [-0.1, -0.05) is 29.3 Å². The van der Waals surface area contributed by atoms with Gasteiger partial charge in [-0.05, 0) is 79.1 Å². The minimum atomic E-state index is -0.338. The van der Waals surface area contributed by atoms with Crippen LogP contribution in [0, 0.1) is 13.8 Å². The van der Waals surface area contributed by atoms with E-state index in [0.29, 0.717) is 38.5 Å². The molecule has 0 aliphatic carbocycles. The number of nitrogens with one attached hydrogen (secondary N) is 1. The number of amides is 1. The summed E-state index contributed by atoms with van der Waals surface area (Å²) in [5, 5.41) is 3.83. The number of halogens is 2. The van der Waals surface area contributed by atoms with Crippen LogP contribution in [-0.2, 0) is 4.79 Å². The number of hydrogen-bond donors (Lipinski definition) is 1. The Bertz CT molecular complexity index is 1320. The molecule has 5 nitrogen and oxygen atoms in total. The van der Waals surface area contributed by atoms with Crippen LogP contribution in [-0.4, -0.2) is 18.0 Å². The highest BCUT2D eigenvalue weighted by atomic mass is 35.5. The maximum atomic E-state index is 12.5. The van der Waals surface area contributed by atoms with Crippen molar-refractivity contribution in [1.29, 1.82) is 0 Å². The van der Waals surface area contributed by atoms with Crippen molar-refractivity contribution in [3.63, 3.8) is 0 Å². The van der Waals surface area contributed by atoms with Crippen LogP contribution in [0.15, 0.2) is 59.0 Å². The van der Waals surface area contributed by atoms with Crippen molar-refractivity contribution in [2.75, 3.05) is 12.4 Å². The molecular weight excluding hydrogens is 447 g/mol. The Morgan fingerprint density at radius 2 is 1.84 bits per heavy atom. The van der Waals surface area contributed by atoms with Gasteiger partial charge < -0.3 is 14.5 Å². The zero-order valence-electron chi connectivity index (χ0n) is 17.7. The van der Waals surface area contributed by atoms with Gasteiger partial charge in [0.15, 0.2) is 5.58 Å². The number of aromatic nitrogens is 1. The van der Waals surface area contributed by atoms with Gasteiger partial charge in [0.2, 0.25) is 11.8 Å². The normalized spacial score (nSPS) is 11.3. The standard InChI is InChI=1S/C25H20Cl2N2O3/c1-14-10-20-23(11-15(14)2)32-25(29-20)17-5-8-22(31-3)21(12-17)28-24(30)9-6-16-4-7-18(26)13-19(16)27/h4-13H,1-3H3,(H,28,30). The first-order chi connectivity index (χ1) is 15.3. The second-order valence-electron chi connectivity index (χ2n) is 7.33. The molecule has 0 unspecified atom stereocenters. The van der Waals surface area contributed by atoms with E-state index in [-0.39, 0.29) is 5.91 Å². The van der Waals surface area contributed by atoms with E-state index in [2.05, 4.69) is 10.3 Å². The average Bonchev–Trinajstić information content (AvgIpc) is 3.16. The van der Waals surface area contributed by atoms with Gasteiger partial charge in [0.25, 0.3) is 0 Å². The molecule has 0 radical (unpaired) electrons. The summed E-state index contributed by atoms with van der Waals surface area (Å²) in [6, 6.07) is 14.4. The first-order valence-electron chi connectivity index (χ1n) is 9.84. The van der Waals surface area contributed by atoms with Gasteiger partial charge in [0.05, 0.1) is 12.8 Å². The number of nitrogens with zero attached hydrogens (tertiary/aromatic N) is 1. The van der Waals surface area contributed by atoms with E-state index in [1.165, 1.54) is 6.08 Å². The van der Waals surface area contributed by atoms with Gasteiger partial charge in [-0.2, -0.15) is 0 Å². The molecule has 0 aliphatic heterocycles. The molecule has 7 heteroatoms. The Morgan fingerprint density at radius 1 is 1.06 bits per heavy atom. The molecule has 0 spiro atoms. The predicted molar refractivity (Wildman–Crippen MR) is 130 cm³/mol. The molecule has 3 aromatic carbocycles. The molecule has 32 heavy (non-hydrogen) atoms. The average molecular weight is 467 g/mol. The minimum Gasteiger partial charge on any atom is -0.495 e. The highest BCUT2D eigenvalue weighted by Gasteiger charge is 2.13. The number of anilines is 1. The van der Waals surface area contributed by atoms with Crippen LogP contribution in [0.2, 0.25) is 10.0 Å². The zero-order valence-corrected chi connectivity index (χ0v) is 19.2. The Labute approximate surface area is 195 Å². The van der Waals surface area contributed by atoms with E-state index in [0.717, 1.165) is 22.2 Å². The van der Waals surface area contributed by atoms with Gasteiger partial charge in [0, 0.05) is 21.7 Å². The summed E-state index contributed by atoms with van der Waals surface area (Å²) < 4.78 is 11.3. The van der Waals surface area contributed by atoms with Crippen molar-refractivity contribution < 1.29 is 13.9 Å². The number of ether oxygens (including phenoxy) is 1. The molecule has 0 bridgehead atoms. The highest BCUT2D eigenvalue weighted by molar-refractivity contribution is 6.35. The van der Waals surface area contributed by atoms with Crippen LogP contribution in [0.5, 0.6) is 5.75 Å². The van der Waals surface area contributed by atoms with Crippen LogP contribution in [0.25, 0.3) is 28.6 Å². The van der Waals surface area contributed by atoms with E-state index in [1.54, 1.807) is 43.5 Å². The second kappa shape index (κ2) is 9.07. The minimum absolute atomic E-state index is 0.338. The van der Waals surface area contributed by atoms with Crippen molar-refractivity contribution in [2.45, 2.75) is 13.8 Å². The second-order valence-corrected chi connectivity index (χ2v) is 8.17. The fourth-order valence-electron chi connectivity index (χ4n) is 3.22. The monoisotopic (exact) mass is 466 g/mol. The summed E-state index contributed by atoms with van der Waals surface area (Å²) in [5.41, 5.74) is 5.68. The lowest BCUT2D eigenvalue weighted by Crippen LogP contribution is -2.09. The third kappa shape index (κ3) is 4.64. The fourth-order valence-corrected chi connectivity index (χ4v) is 3.69. The molecule has 162 valence electrons. The molecule has 1 aromatic heterocycles. The number of rotatable bonds is 5. The molecule has 4 aromatic rings. The largest absolute Gasteiger partial charge is 0.495 e. The Kier molecular flexibility index (Phi) is 6.21. The van der Waals surface area contributed by atoms with Gasteiger partial charge in [-0.25, -0.2) is 4.98 Å². The van der Waals surface area contributed by atoms with Crippen molar-refractivity contribution in [1.82, 2.24) is 4.98 Å². The fraction of sp³-hybridized carbons (Fsp3) is 0.120. The number of oxazole rings is 1. The molecule has 1 heterocycles. The first kappa shape index (κ1) is 21.9. The lowest BCUT2D eigenvalue weighted by Gasteiger charge is -2.10. The van der Waals surface area contributed by atoms with E-state index in [4.69, 9.17) is 32.4 Å². The highest BCUT2D eigenvalue weighted by Crippen LogP contribution is 2.32. The summed E-state index contributed by atoms with van der Waals surface area (Å²) in [7, 11) is 1.54. The zero-order chi connectivity index (χ0) is 22.8. The van der Waals surface area contributed by atoms with Crippen molar-refractivity contribution >= 4 is 52.0 Å². The maximum absolute atomic E-state index is 12.5. The third-order valence-corrected chi connectivity index (χ3v) is 5.65. The van der Waals surface area contributed by atoms with Crippen LogP contribution in [0.1, 0.15) is 16.7 Å². The van der Waals surface area contributed by atoms with Crippen molar-refractivity contribution in [2.24, 2.45) is 0 Å². The summed E-state index contributed by atoms with van der Waals surface area (Å²) in [4.78, 5) is 17.1. The molecule has 0 atom stereocenters. The molecule has 0 saturated heterocycles. The van der Waals surface area contributed by atoms with E-state index >= 15 is 0 Å². The van der Waals surface area contributed by atoms with Crippen LogP contribution in [0.3, 0.4) is 0 Å². The van der Waals surface area contributed by atoms with Crippen LogP contribution in [0.4, 0.5) is 5.69 Å². The number of aryl methyl sites for hydroxylation is 2. The molecule has 0 fully saturated rings. The van der Waals surface area contributed by atoms with E-state index in [9.17, 15) is 4.79 Å². The molecule has 4 rings (SSSR count). The Hall–Kier alpha value is -3.28. The number of benzene rings is 3. The number of fused-ring (bicyclic) bond motifs is 1. The van der Waals surface area contributed by atoms with Crippen LogP contribution < -0.4 is 10.1 Å². The summed E-state index contributed by atoms with van der Waals surface area (Å²) in [5.74, 6) is 0.643. The van der Waals surface area contributed by atoms with Gasteiger partial charge in [-0.3, -0.25) is 4.79 Å². The third-order valence-electron chi connectivity index (χ3n) is 5.08. The predicted octanol–water partition coefficient (Wildman–Crippen LogP) is 7.08. The molecular formula is C25H20Cl2N2O3. The smallest absolute Gasteiger partial charge is 0.248 e. The van der Waals surface area contributed by atoms with Gasteiger partial charge in [-0.15, -0.1) is 0 Å². The van der Waals surface area contributed by atoms with Crippen molar-refractivity contribution in [3.8, 4) is 17.2 Å². The summed E-state index contributed by atoms with van der Waals surface area (Å²) in [6.07, 6.45) is 3.02. The number of carbonyl (C=O) groups is 1. The lowest BCUT2D eigenvalue weighted by molar-refractivity contribution is -0.111. The molecule has 0 aliphatic rings. The van der Waals surface area contributed by atoms with Gasteiger partial charge >= 0.3 is 0 Å². The topological polar surface area (TPSA) is 64.4 Å². The maximum Gasteiger partial charge on any atom is 0.248 e. The molecule has 0 saturated carbocycles. The first-order valence-corrected chi connectivity index (χ1v) is 10.6. The lowest BCUT2D eigenvalue weighted by atomic mass is 10.1. The summed E-state index contributed by atoms with van der Waals surface area (Å²) in [6.45, 7) is 4.07. The summed E-state index contributed by atoms with van der Waals surface area (Å²) >= 11 is 12.1. The van der Waals surface area contributed by atoms with Crippen LogP contribution >= 0.6 is 23.2 Å². The Morgan fingerprint density at radius 3 is 2.59 bits per heavy atom. The van der Waals surface area contributed by atoms with Gasteiger partial charge in [0.1, 0.15) is 11.3 Å². The number of methoxy groups -OCH3 is 1. The number of hydrogen-bond acceptors (Lipinski definition) is 4. The van der Waals surface area contributed by atoms with Crippen molar-refractivity contribution in [3.05, 3.63) is 81.3 Å².